The fraction of sp³-hybridized carbons (Fsp3) is 0.364. The van der Waals surface area contributed by atoms with Crippen molar-refractivity contribution in [3.63, 3.8) is 0 Å². The summed E-state index contributed by atoms with van der Waals surface area (Å²) in [7, 11) is 0. The normalized spacial score (nSPS) is 15.5. The highest BCUT2D eigenvalue weighted by atomic mass is 16.2. The predicted molar refractivity (Wildman–Crippen MR) is 108 cm³/mol. The highest BCUT2D eigenvalue weighted by Gasteiger charge is 2.23. The van der Waals surface area contributed by atoms with Crippen LogP contribution in [-0.2, 0) is 43.7 Å². The number of nitrogens with two attached hydrogens (primary N) is 1. The lowest BCUT2D eigenvalue weighted by molar-refractivity contribution is -0.117. The Morgan fingerprint density at radius 1 is 1.04 bits per heavy atom. The summed E-state index contributed by atoms with van der Waals surface area (Å²) in [6, 6.07) is 12.2. The van der Waals surface area contributed by atoms with Crippen molar-refractivity contribution in [2.45, 2.75) is 38.9 Å². The van der Waals surface area contributed by atoms with Gasteiger partial charge in [0.2, 0.25) is 5.91 Å². The number of urea groups is 1. The predicted octanol–water partition coefficient (Wildman–Crippen LogP) is 1.63. The number of nitrogens with zero attached hydrogens (tertiary/aromatic N) is 1. The first-order chi connectivity index (χ1) is 13.6. The molecule has 3 amide bonds. The molecule has 6 heteroatoms. The largest absolute Gasteiger partial charge is 0.369 e. The van der Waals surface area contributed by atoms with Gasteiger partial charge in [-0.25, -0.2) is 4.79 Å². The molecule has 2 heterocycles. The van der Waals surface area contributed by atoms with Crippen LogP contribution in [0.15, 0.2) is 36.4 Å². The minimum absolute atomic E-state index is 0.0440. The van der Waals surface area contributed by atoms with Crippen molar-refractivity contribution in [1.29, 1.82) is 0 Å². The molecular formula is C22H26N4O2. The average Bonchev–Trinajstić information content (AvgIpc) is 2.71. The standard InChI is InChI=1S/C22H26N4O2/c23-21(27)11-15-3-1-6-18-14-26(10-8-20(15)18)22(28)25-13-17-5-2-4-16-12-24-9-7-19(16)17/h1-6,24H,7-14H2,(H2,23,27)(H,25,28). The molecule has 0 saturated heterocycles. The molecule has 2 aliphatic rings. The number of carbonyl (C=O) groups is 2. The Kier molecular flexibility index (Phi) is 5.30. The number of hydrogen-bond donors (Lipinski definition) is 3. The molecule has 2 aromatic rings. The minimum atomic E-state index is -0.324. The third kappa shape index (κ3) is 3.87. The molecule has 0 saturated carbocycles. The number of carbonyl (C=O) groups excluding carboxylic acids is 2. The Bertz CT molecular complexity index is 909. The summed E-state index contributed by atoms with van der Waals surface area (Å²) < 4.78 is 0. The molecule has 0 aliphatic carbocycles. The van der Waals surface area contributed by atoms with Crippen molar-refractivity contribution in [1.82, 2.24) is 15.5 Å². The molecule has 4 rings (SSSR count). The number of rotatable bonds is 4. The van der Waals surface area contributed by atoms with Gasteiger partial charge in [-0.1, -0.05) is 36.4 Å². The first-order valence-electron chi connectivity index (χ1n) is 9.83. The van der Waals surface area contributed by atoms with Gasteiger partial charge in [0.15, 0.2) is 0 Å². The molecule has 0 atom stereocenters. The number of hydrogen-bond acceptors (Lipinski definition) is 3. The zero-order chi connectivity index (χ0) is 19.5. The summed E-state index contributed by atoms with van der Waals surface area (Å²) in [6.45, 7) is 3.63. The van der Waals surface area contributed by atoms with Crippen LogP contribution in [0, 0.1) is 0 Å². The van der Waals surface area contributed by atoms with E-state index >= 15 is 0 Å². The zero-order valence-electron chi connectivity index (χ0n) is 16.0. The lowest BCUT2D eigenvalue weighted by Crippen LogP contribution is -2.43. The Labute approximate surface area is 165 Å². The Morgan fingerprint density at radius 3 is 2.61 bits per heavy atom. The van der Waals surface area contributed by atoms with E-state index in [1.165, 1.54) is 16.7 Å². The van der Waals surface area contributed by atoms with E-state index in [0.717, 1.165) is 42.6 Å². The van der Waals surface area contributed by atoms with E-state index in [-0.39, 0.29) is 18.4 Å². The van der Waals surface area contributed by atoms with E-state index < -0.39 is 0 Å². The summed E-state index contributed by atoms with van der Waals surface area (Å²) in [6.07, 6.45) is 2.00. The second-order valence-corrected chi connectivity index (χ2v) is 7.51. The van der Waals surface area contributed by atoms with Crippen molar-refractivity contribution in [2.24, 2.45) is 5.73 Å². The van der Waals surface area contributed by atoms with E-state index in [9.17, 15) is 9.59 Å². The van der Waals surface area contributed by atoms with E-state index in [1.807, 2.05) is 23.1 Å². The van der Waals surface area contributed by atoms with Crippen LogP contribution >= 0.6 is 0 Å². The molecule has 2 aliphatic heterocycles. The maximum atomic E-state index is 12.7. The highest BCUT2D eigenvalue weighted by Crippen LogP contribution is 2.23. The van der Waals surface area contributed by atoms with Crippen LogP contribution in [-0.4, -0.2) is 29.9 Å². The van der Waals surface area contributed by atoms with Crippen LogP contribution in [0.2, 0.25) is 0 Å². The van der Waals surface area contributed by atoms with E-state index in [2.05, 4.69) is 28.8 Å². The molecule has 6 nitrogen and oxygen atoms in total. The molecule has 28 heavy (non-hydrogen) atoms. The topological polar surface area (TPSA) is 87.5 Å². The summed E-state index contributed by atoms with van der Waals surface area (Å²) in [4.78, 5) is 25.9. The van der Waals surface area contributed by atoms with Gasteiger partial charge in [-0.15, -0.1) is 0 Å². The first-order valence-corrected chi connectivity index (χ1v) is 9.83. The van der Waals surface area contributed by atoms with Gasteiger partial charge in [-0.2, -0.15) is 0 Å². The van der Waals surface area contributed by atoms with Crippen LogP contribution in [0.3, 0.4) is 0 Å². The molecule has 0 aromatic heterocycles. The van der Waals surface area contributed by atoms with Gasteiger partial charge in [0, 0.05) is 26.2 Å². The summed E-state index contributed by atoms with van der Waals surface area (Å²) >= 11 is 0. The molecule has 0 fully saturated rings. The quantitative estimate of drug-likeness (QED) is 0.756. The smallest absolute Gasteiger partial charge is 0.317 e. The molecule has 0 unspecified atom stereocenters. The second kappa shape index (κ2) is 8.02. The van der Waals surface area contributed by atoms with Crippen LogP contribution < -0.4 is 16.4 Å². The molecule has 146 valence electrons. The minimum Gasteiger partial charge on any atom is -0.369 e. The van der Waals surface area contributed by atoms with Crippen molar-refractivity contribution in [3.05, 3.63) is 69.8 Å². The van der Waals surface area contributed by atoms with Crippen LogP contribution in [0.1, 0.15) is 33.4 Å². The summed E-state index contributed by atoms with van der Waals surface area (Å²) in [5, 5.41) is 6.47. The molecule has 2 aromatic carbocycles. The molecule has 0 radical (unpaired) electrons. The number of fused-ring (bicyclic) bond motifs is 2. The lowest BCUT2D eigenvalue weighted by atomic mass is 9.93. The number of amides is 3. The monoisotopic (exact) mass is 378 g/mol. The number of nitrogens with one attached hydrogen (secondary N) is 2. The van der Waals surface area contributed by atoms with Crippen molar-refractivity contribution < 1.29 is 9.59 Å². The third-order valence-electron chi connectivity index (χ3n) is 5.68. The third-order valence-corrected chi connectivity index (χ3v) is 5.68. The summed E-state index contributed by atoms with van der Waals surface area (Å²) in [5.41, 5.74) is 12.5. The maximum Gasteiger partial charge on any atom is 0.317 e. The van der Waals surface area contributed by atoms with Gasteiger partial charge in [0.1, 0.15) is 0 Å². The van der Waals surface area contributed by atoms with Crippen molar-refractivity contribution in [2.75, 3.05) is 13.1 Å². The Balaban J connectivity index is 1.41. The molecule has 4 N–H and O–H groups in total. The highest BCUT2D eigenvalue weighted by molar-refractivity contribution is 5.77. The summed E-state index contributed by atoms with van der Waals surface area (Å²) in [5.74, 6) is -0.324. The fourth-order valence-electron chi connectivity index (χ4n) is 4.27. The van der Waals surface area contributed by atoms with E-state index in [0.29, 0.717) is 19.6 Å². The lowest BCUT2D eigenvalue weighted by Gasteiger charge is -2.30. The van der Waals surface area contributed by atoms with Crippen LogP contribution in [0.25, 0.3) is 0 Å². The zero-order valence-corrected chi connectivity index (χ0v) is 16.0. The van der Waals surface area contributed by atoms with E-state index in [1.54, 1.807) is 0 Å². The van der Waals surface area contributed by atoms with E-state index in [4.69, 9.17) is 5.73 Å². The van der Waals surface area contributed by atoms with Gasteiger partial charge in [-0.3, -0.25) is 4.79 Å². The Morgan fingerprint density at radius 2 is 1.79 bits per heavy atom. The van der Waals surface area contributed by atoms with Gasteiger partial charge in [0.05, 0.1) is 6.42 Å². The maximum absolute atomic E-state index is 12.7. The van der Waals surface area contributed by atoms with Crippen molar-refractivity contribution in [3.8, 4) is 0 Å². The van der Waals surface area contributed by atoms with Crippen molar-refractivity contribution >= 4 is 11.9 Å². The fourth-order valence-corrected chi connectivity index (χ4v) is 4.27. The van der Waals surface area contributed by atoms with Gasteiger partial charge >= 0.3 is 6.03 Å². The second-order valence-electron chi connectivity index (χ2n) is 7.51. The average molecular weight is 378 g/mol. The molecule has 0 spiro atoms. The van der Waals surface area contributed by atoms with Gasteiger partial charge in [-0.05, 0) is 52.8 Å². The number of benzene rings is 2. The first kappa shape index (κ1) is 18.5. The molecular weight excluding hydrogens is 352 g/mol. The van der Waals surface area contributed by atoms with Gasteiger partial charge < -0.3 is 21.3 Å². The Hall–Kier alpha value is -2.86. The van der Waals surface area contributed by atoms with Crippen LogP contribution in [0.4, 0.5) is 4.79 Å². The SMILES string of the molecule is NC(=O)Cc1cccc2c1CCN(C(=O)NCc1cccc3c1CCNC3)C2. The van der Waals surface area contributed by atoms with Gasteiger partial charge in [0.25, 0.3) is 0 Å². The number of primary amides is 1. The van der Waals surface area contributed by atoms with Crippen LogP contribution in [0.5, 0.6) is 0 Å². The molecule has 0 bridgehead atoms.